The Morgan fingerprint density at radius 3 is 2.87 bits per heavy atom. The molecule has 0 amide bonds. The molecule has 1 aliphatic rings. The van der Waals surface area contributed by atoms with Crippen molar-refractivity contribution in [1.82, 2.24) is 5.32 Å². The van der Waals surface area contributed by atoms with Crippen molar-refractivity contribution < 1.29 is 0 Å². The summed E-state index contributed by atoms with van der Waals surface area (Å²) >= 11 is 3.39. The largest absolute Gasteiger partial charge is 0.398 e. The predicted octanol–water partition coefficient (Wildman–Crippen LogP) is 2.92. The van der Waals surface area contributed by atoms with Gasteiger partial charge in [-0.05, 0) is 52.5 Å². The van der Waals surface area contributed by atoms with Crippen LogP contribution >= 0.6 is 15.9 Å². The number of nitrogens with one attached hydrogen (secondary N) is 1. The van der Waals surface area contributed by atoms with E-state index in [0.717, 1.165) is 29.2 Å². The fourth-order valence-corrected chi connectivity index (χ4v) is 1.90. The minimum Gasteiger partial charge on any atom is -0.398 e. The van der Waals surface area contributed by atoms with Gasteiger partial charge in [0.2, 0.25) is 0 Å². The molecule has 82 valence electrons. The number of hydrogen-bond acceptors (Lipinski definition) is 2. The lowest BCUT2D eigenvalue weighted by Gasteiger charge is -2.06. The Hall–Kier alpha value is -0.540. The van der Waals surface area contributed by atoms with E-state index >= 15 is 0 Å². The van der Waals surface area contributed by atoms with Gasteiger partial charge in [-0.2, -0.15) is 0 Å². The molecule has 1 aliphatic carbocycles. The maximum absolute atomic E-state index is 5.81. The van der Waals surface area contributed by atoms with E-state index in [1.54, 1.807) is 0 Å². The summed E-state index contributed by atoms with van der Waals surface area (Å²) in [7, 11) is 0. The van der Waals surface area contributed by atoms with Crippen molar-refractivity contribution in [2.75, 3.05) is 12.3 Å². The second-order valence-electron chi connectivity index (χ2n) is 4.26. The van der Waals surface area contributed by atoms with E-state index < -0.39 is 0 Å². The van der Waals surface area contributed by atoms with Crippen molar-refractivity contribution in [3.05, 3.63) is 28.2 Å². The summed E-state index contributed by atoms with van der Waals surface area (Å²) in [5.74, 6) is 1.01. The molecule has 0 spiro atoms. The second-order valence-corrected chi connectivity index (χ2v) is 5.12. The number of hydrogen-bond donors (Lipinski definition) is 2. The Labute approximate surface area is 99.4 Å². The predicted molar refractivity (Wildman–Crippen MR) is 67.6 cm³/mol. The Bertz CT molecular complexity index is 334. The topological polar surface area (TPSA) is 38.0 Å². The molecule has 2 rings (SSSR count). The molecule has 0 bridgehead atoms. The maximum Gasteiger partial charge on any atom is 0.0461 e. The molecule has 0 aliphatic heterocycles. The van der Waals surface area contributed by atoms with Gasteiger partial charge in [-0.15, -0.1) is 0 Å². The Kier molecular flexibility index (Phi) is 3.65. The van der Waals surface area contributed by atoms with Gasteiger partial charge in [-0.25, -0.2) is 0 Å². The normalized spacial score (nSPS) is 15.5. The highest BCUT2D eigenvalue weighted by Crippen LogP contribution is 2.31. The highest BCUT2D eigenvalue weighted by atomic mass is 79.9. The van der Waals surface area contributed by atoms with Gasteiger partial charge in [0.1, 0.15) is 0 Å². The van der Waals surface area contributed by atoms with Crippen molar-refractivity contribution >= 4 is 21.6 Å². The molecule has 0 radical (unpaired) electrons. The first-order chi connectivity index (χ1) is 7.25. The van der Waals surface area contributed by atoms with E-state index in [4.69, 9.17) is 5.73 Å². The summed E-state index contributed by atoms with van der Waals surface area (Å²) in [5, 5.41) is 3.45. The third-order valence-electron chi connectivity index (χ3n) is 2.82. The van der Waals surface area contributed by atoms with Gasteiger partial charge in [0.05, 0.1) is 0 Å². The highest BCUT2D eigenvalue weighted by Gasteiger charge is 2.19. The van der Waals surface area contributed by atoms with Crippen LogP contribution in [0.5, 0.6) is 0 Å². The second kappa shape index (κ2) is 4.99. The van der Waals surface area contributed by atoms with Crippen LogP contribution in [0.15, 0.2) is 22.7 Å². The quantitative estimate of drug-likeness (QED) is 0.637. The van der Waals surface area contributed by atoms with Crippen molar-refractivity contribution in [2.45, 2.75) is 25.8 Å². The zero-order chi connectivity index (χ0) is 10.7. The minimum absolute atomic E-state index is 0.816. The molecule has 3 heteroatoms. The van der Waals surface area contributed by atoms with Crippen molar-refractivity contribution in [2.24, 2.45) is 5.92 Å². The molecule has 0 saturated heterocycles. The molecule has 0 atom stereocenters. The first-order valence-electron chi connectivity index (χ1n) is 5.50. The monoisotopic (exact) mass is 268 g/mol. The molecular formula is C12H17BrN2. The summed E-state index contributed by atoms with van der Waals surface area (Å²) in [5.41, 5.74) is 7.88. The van der Waals surface area contributed by atoms with Gasteiger partial charge in [0.15, 0.2) is 0 Å². The summed E-state index contributed by atoms with van der Waals surface area (Å²) in [6.07, 6.45) is 4.20. The first kappa shape index (κ1) is 11.0. The third kappa shape index (κ3) is 3.50. The molecule has 0 unspecified atom stereocenters. The Morgan fingerprint density at radius 2 is 2.20 bits per heavy atom. The molecule has 15 heavy (non-hydrogen) atoms. The van der Waals surface area contributed by atoms with E-state index in [0.29, 0.717) is 0 Å². The highest BCUT2D eigenvalue weighted by molar-refractivity contribution is 9.10. The number of rotatable bonds is 5. The molecule has 3 N–H and O–H groups in total. The number of nitrogens with two attached hydrogens (primary N) is 1. The number of nitrogen functional groups attached to an aromatic ring is 1. The SMILES string of the molecule is Nc1cc(CNCCC2CC2)ccc1Br. The van der Waals surface area contributed by atoms with Crippen LogP contribution in [0.4, 0.5) is 5.69 Å². The van der Waals surface area contributed by atoms with Crippen molar-refractivity contribution in [3.8, 4) is 0 Å². The summed E-state index contributed by atoms with van der Waals surface area (Å²) in [6.45, 7) is 2.05. The molecule has 2 nitrogen and oxygen atoms in total. The average molecular weight is 269 g/mol. The van der Waals surface area contributed by atoms with Crippen LogP contribution in [0, 0.1) is 5.92 Å². The Morgan fingerprint density at radius 1 is 1.40 bits per heavy atom. The molecule has 1 aromatic carbocycles. The number of anilines is 1. The Balaban J connectivity index is 1.74. The van der Waals surface area contributed by atoms with E-state index in [9.17, 15) is 0 Å². The lowest BCUT2D eigenvalue weighted by Crippen LogP contribution is -2.15. The van der Waals surface area contributed by atoms with Gasteiger partial charge in [-0.1, -0.05) is 18.9 Å². The van der Waals surface area contributed by atoms with Gasteiger partial charge in [0, 0.05) is 16.7 Å². The fraction of sp³-hybridized carbons (Fsp3) is 0.500. The fourth-order valence-electron chi connectivity index (χ4n) is 1.65. The average Bonchev–Trinajstić information content (AvgIpc) is 3.02. The van der Waals surface area contributed by atoms with Crippen LogP contribution in [-0.4, -0.2) is 6.54 Å². The zero-order valence-electron chi connectivity index (χ0n) is 8.80. The number of benzene rings is 1. The molecule has 1 saturated carbocycles. The molecule has 0 heterocycles. The van der Waals surface area contributed by atoms with E-state index in [2.05, 4.69) is 27.3 Å². The molecule has 1 fully saturated rings. The number of halogens is 1. The van der Waals surface area contributed by atoms with E-state index in [1.807, 2.05) is 12.1 Å². The van der Waals surface area contributed by atoms with Gasteiger partial charge in [-0.3, -0.25) is 0 Å². The van der Waals surface area contributed by atoms with Crippen LogP contribution < -0.4 is 11.1 Å². The van der Waals surface area contributed by atoms with Gasteiger partial charge >= 0.3 is 0 Å². The lowest BCUT2D eigenvalue weighted by molar-refractivity contribution is 0.613. The molecular weight excluding hydrogens is 252 g/mol. The van der Waals surface area contributed by atoms with Gasteiger partial charge < -0.3 is 11.1 Å². The van der Waals surface area contributed by atoms with Crippen molar-refractivity contribution in [1.29, 1.82) is 0 Å². The smallest absolute Gasteiger partial charge is 0.0461 e. The van der Waals surface area contributed by atoms with Gasteiger partial charge in [0.25, 0.3) is 0 Å². The summed E-state index contributed by atoms with van der Waals surface area (Å²) in [4.78, 5) is 0. The van der Waals surface area contributed by atoms with Crippen LogP contribution in [-0.2, 0) is 6.54 Å². The molecule has 0 aromatic heterocycles. The maximum atomic E-state index is 5.81. The van der Waals surface area contributed by atoms with Crippen LogP contribution in [0.2, 0.25) is 0 Å². The van der Waals surface area contributed by atoms with Crippen molar-refractivity contribution in [3.63, 3.8) is 0 Å². The third-order valence-corrected chi connectivity index (χ3v) is 3.54. The standard InChI is InChI=1S/C12H17BrN2/c13-11-4-3-10(7-12(11)14)8-15-6-5-9-1-2-9/h3-4,7,9,15H,1-2,5-6,8,14H2. The first-order valence-corrected chi connectivity index (χ1v) is 6.29. The molecule has 1 aromatic rings. The lowest BCUT2D eigenvalue weighted by atomic mass is 10.2. The summed E-state index contributed by atoms with van der Waals surface area (Å²) < 4.78 is 0.976. The summed E-state index contributed by atoms with van der Waals surface area (Å²) in [6, 6.07) is 6.13. The van der Waals surface area contributed by atoms with E-state index in [1.165, 1.54) is 24.8 Å². The van der Waals surface area contributed by atoms with Crippen LogP contribution in [0.25, 0.3) is 0 Å². The zero-order valence-corrected chi connectivity index (χ0v) is 10.4. The van der Waals surface area contributed by atoms with E-state index in [-0.39, 0.29) is 0 Å². The van der Waals surface area contributed by atoms with Crippen LogP contribution in [0.3, 0.4) is 0 Å². The minimum atomic E-state index is 0.816. The van der Waals surface area contributed by atoms with Crippen LogP contribution in [0.1, 0.15) is 24.8 Å².